The maximum Gasteiger partial charge on any atom is 0.251 e. The molecule has 2 aromatic carbocycles. The van der Waals surface area contributed by atoms with Gasteiger partial charge in [-0.05, 0) is 61.9 Å². The minimum absolute atomic E-state index is 0.0148. The van der Waals surface area contributed by atoms with Crippen LogP contribution in [0, 0.1) is 5.82 Å². The molecule has 1 aromatic heterocycles. The summed E-state index contributed by atoms with van der Waals surface area (Å²) in [5, 5.41) is 6.29. The lowest BCUT2D eigenvalue weighted by Crippen LogP contribution is -2.46. The highest BCUT2D eigenvalue weighted by molar-refractivity contribution is 9.10. The Balaban J connectivity index is 1.16. The molecule has 1 aliphatic heterocycles. The number of fused-ring (bicyclic) bond motifs is 1. The molecule has 1 aliphatic rings. The normalized spacial score (nSPS) is 14.9. The molecule has 7 heteroatoms. The van der Waals surface area contributed by atoms with Crippen molar-refractivity contribution >= 4 is 48.9 Å². The molecule has 1 saturated heterocycles. The van der Waals surface area contributed by atoms with E-state index in [2.05, 4.69) is 36.4 Å². The van der Waals surface area contributed by atoms with Crippen LogP contribution in [0.4, 0.5) is 10.1 Å². The standard InChI is InChI=1S/C23H25BrFN3OS/c24-18-5-3-17(4-6-18)23(29)26-9-1-2-10-27-11-13-28(14-12-27)21-16-30-22-15-19(25)7-8-20(21)22/h3-8,15-16H,1-2,9-14H2,(H,26,29). The van der Waals surface area contributed by atoms with Gasteiger partial charge in [-0.25, -0.2) is 4.39 Å². The molecule has 1 fully saturated rings. The smallest absolute Gasteiger partial charge is 0.251 e. The highest BCUT2D eigenvalue weighted by Crippen LogP contribution is 2.34. The minimum atomic E-state index is -0.172. The molecule has 30 heavy (non-hydrogen) atoms. The molecule has 0 saturated carbocycles. The van der Waals surface area contributed by atoms with Crippen molar-refractivity contribution in [3.8, 4) is 0 Å². The maximum atomic E-state index is 13.4. The van der Waals surface area contributed by atoms with Crippen LogP contribution >= 0.6 is 27.3 Å². The topological polar surface area (TPSA) is 35.6 Å². The van der Waals surface area contributed by atoms with Crippen LogP contribution in [0.25, 0.3) is 10.1 Å². The second kappa shape index (κ2) is 9.90. The van der Waals surface area contributed by atoms with Crippen molar-refractivity contribution in [2.45, 2.75) is 12.8 Å². The van der Waals surface area contributed by atoms with Gasteiger partial charge in [0.25, 0.3) is 5.91 Å². The van der Waals surface area contributed by atoms with E-state index in [-0.39, 0.29) is 11.7 Å². The maximum absolute atomic E-state index is 13.4. The second-order valence-corrected chi connectivity index (χ2v) is 9.39. The molecule has 4 rings (SSSR count). The zero-order chi connectivity index (χ0) is 20.9. The molecule has 1 N–H and O–H groups in total. The summed E-state index contributed by atoms with van der Waals surface area (Å²) in [4.78, 5) is 17.0. The number of piperazine rings is 1. The van der Waals surface area contributed by atoms with Crippen LogP contribution in [0.2, 0.25) is 0 Å². The molecule has 2 heterocycles. The fraction of sp³-hybridized carbons (Fsp3) is 0.348. The summed E-state index contributed by atoms with van der Waals surface area (Å²) in [6.07, 6.45) is 2.05. The highest BCUT2D eigenvalue weighted by Gasteiger charge is 2.19. The molecule has 0 unspecified atom stereocenters. The third-order valence-electron chi connectivity index (χ3n) is 5.52. The van der Waals surface area contributed by atoms with Crippen molar-refractivity contribution < 1.29 is 9.18 Å². The number of rotatable bonds is 7. The summed E-state index contributed by atoms with van der Waals surface area (Å²) in [6.45, 7) is 5.80. The van der Waals surface area contributed by atoms with Gasteiger partial charge in [0.05, 0.1) is 5.69 Å². The molecule has 0 aliphatic carbocycles. The van der Waals surface area contributed by atoms with Gasteiger partial charge in [0.2, 0.25) is 0 Å². The van der Waals surface area contributed by atoms with Crippen LogP contribution in [0.1, 0.15) is 23.2 Å². The van der Waals surface area contributed by atoms with Gasteiger partial charge in [0.1, 0.15) is 5.82 Å². The van der Waals surface area contributed by atoms with Crippen molar-refractivity contribution in [1.29, 1.82) is 0 Å². The zero-order valence-electron chi connectivity index (χ0n) is 16.7. The van der Waals surface area contributed by atoms with Crippen molar-refractivity contribution in [3.63, 3.8) is 0 Å². The third-order valence-corrected chi connectivity index (χ3v) is 6.98. The first kappa shape index (κ1) is 21.3. The molecule has 1 amide bonds. The number of unbranched alkanes of at least 4 members (excludes halogenated alkanes) is 1. The van der Waals surface area contributed by atoms with Crippen LogP contribution in [0.15, 0.2) is 52.3 Å². The van der Waals surface area contributed by atoms with Crippen molar-refractivity contribution in [2.75, 3.05) is 44.2 Å². The molecule has 4 nitrogen and oxygen atoms in total. The van der Waals surface area contributed by atoms with Crippen molar-refractivity contribution in [1.82, 2.24) is 10.2 Å². The number of thiophene rings is 1. The number of carbonyl (C=O) groups is 1. The van der Waals surface area contributed by atoms with Crippen LogP contribution in [0.5, 0.6) is 0 Å². The Kier molecular flexibility index (Phi) is 7.02. The van der Waals surface area contributed by atoms with Gasteiger partial charge in [-0.2, -0.15) is 0 Å². The number of amides is 1. The molecular formula is C23H25BrFN3OS. The fourth-order valence-corrected chi connectivity index (χ4v) is 5.07. The van der Waals surface area contributed by atoms with Gasteiger partial charge < -0.3 is 10.2 Å². The van der Waals surface area contributed by atoms with E-state index < -0.39 is 0 Å². The van der Waals surface area contributed by atoms with E-state index in [1.165, 1.54) is 5.69 Å². The van der Waals surface area contributed by atoms with E-state index in [9.17, 15) is 9.18 Å². The molecule has 0 atom stereocenters. The molecule has 0 spiro atoms. The van der Waals surface area contributed by atoms with E-state index in [1.54, 1.807) is 23.5 Å². The number of anilines is 1. The van der Waals surface area contributed by atoms with Gasteiger partial charge in [-0.15, -0.1) is 11.3 Å². The molecule has 158 valence electrons. The van der Waals surface area contributed by atoms with Crippen molar-refractivity contribution in [2.24, 2.45) is 0 Å². The first-order valence-electron chi connectivity index (χ1n) is 10.3. The van der Waals surface area contributed by atoms with Gasteiger partial charge in [-0.1, -0.05) is 15.9 Å². The highest BCUT2D eigenvalue weighted by atomic mass is 79.9. The lowest BCUT2D eigenvalue weighted by atomic mass is 10.2. The average Bonchev–Trinajstić information content (AvgIpc) is 3.17. The minimum Gasteiger partial charge on any atom is -0.368 e. The Labute approximate surface area is 188 Å². The Morgan fingerprint density at radius 3 is 2.60 bits per heavy atom. The molecular weight excluding hydrogens is 465 g/mol. The average molecular weight is 490 g/mol. The molecule has 3 aromatic rings. The summed E-state index contributed by atoms with van der Waals surface area (Å²) < 4.78 is 15.4. The molecule has 0 radical (unpaired) electrons. The Bertz CT molecular complexity index is 999. The van der Waals surface area contributed by atoms with Gasteiger partial charge in [0, 0.05) is 58.2 Å². The fourth-order valence-electron chi connectivity index (χ4n) is 3.81. The summed E-state index contributed by atoms with van der Waals surface area (Å²) in [5.74, 6) is -0.187. The van der Waals surface area contributed by atoms with Crippen LogP contribution in [0.3, 0.4) is 0 Å². The monoisotopic (exact) mass is 489 g/mol. The van der Waals surface area contributed by atoms with Crippen LogP contribution in [-0.4, -0.2) is 50.1 Å². The number of nitrogens with one attached hydrogen (secondary N) is 1. The Morgan fingerprint density at radius 1 is 1.07 bits per heavy atom. The predicted octanol–water partition coefficient (Wildman–Crippen LogP) is 5.14. The van der Waals surface area contributed by atoms with E-state index in [0.29, 0.717) is 12.1 Å². The van der Waals surface area contributed by atoms with Crippen LogP contribution < -0.4 is 10.2 Å². The zero-order valence-corrected chi connectivity index (χ0v) is 19.1. The number of nitrogens with zero attached hydrogens (tertiary/aromatic N) is 2. The number of hydrogen-bond donors (Lipinski definition) is 1. The summed E-state index contributed by atoms with van der Waals surface area (Å²) in [5.41, 5.74) is 1.92. The van der Waals surface area contributed by atoms with Crippen LogP contribution in [-0.2, 0) is 0 Å². The van der Waals surface area contributed by atoms with Gasteiger partial charge in [0.15, 0.2) is 0 Å². The lowest BCUT2D eigenvalue weighted by Gasteiger charge is -2.35. The van der Waals surface area contributed by atoms with E-state index in [0.717, 1.165) is 60.1 Å². The quantitative estimate of drug-likeness (QED) is 0.467. The second-order valence-electron chi connectivity index (χ2n) is 7.56. The number of carbonyl (C=O) groups excluding carboxylic acids is 1. The summed E-state index contributed by atoms with van der Waals surface area (Å²) in [7, 11) is 0. The first-order valence-corrected chi connectivity index (χ1v) is 12.0. The largest absolute Gasteiger partial charge is 0.368 e. The first-order chi connectivity index (χ1) is 14.6. The number of halogens is 2. The van der Waals surface area contributed by atoms with Crippen molar-refractivity contribution in [3.05, 3.63) is 63.7 Å². The summed E-state index contributed by atoms with van der Waals surface area (Å²) in [6, 6.07) is 12.5. The van der Waals surface area contributed by atoms with Gasteiger partial charge >= 0.3 is 0 Å². The lowest BCUT2D eigenvalue weighted by molar-refractivity contribution is 0.0952. The number of benzene rings is 2. The predicted molar refractivity (Wildman–Crippen MR) is 126 cm³/mol. The molecule has 0 bridgehead atoms. The van der Waals surface area contributed by atoms with Gasteiger partial charge in [-0.3, -0.25) is 9.69 Å². The van der Waals surface area contributed by atoms with E-state index >= 15 is 0 Å². The van der Waals surface area contributed by atoms with E-state index in [1.807, 2.05) is 30.3 Å². The van der Waals surface area contributed by atoms with E-state index in [4.69, 9.17) is 0 Å². The third kappa shape index (κ3) is 5.20. The Hall–Kier alpha value is -1.96. The summed E-state index contributed by atoms with van der Waals surface area (Å²) >= 11 is 4.99. The SMILES string of the molecule is O=C(NCCCCN1CCN(c2csc3cc(F)ccc23)CC1)c1ccc(Br)cc1. The Morgan fingerprint density at radius 2 is 1.83 bits per heavy atom. The number of hydrogen-bond acceptors (Lipinski definition) is 4.